The van der Waals surface area contributed by atoms with E-state index in [0.29, 0.717) is 6.04 Å². The first-order valence-electron chi connectivity index (χ1n) is 6.32. The molecule has 3 rings (SSSR count). The van der Waals surface area contributed by atoms with Crippen LogP contribution in [0.15, 0.2) is 27.5 Å². The third-order valence-corrected chi connectivity index (χ3v) is 4.72. The summed E-state index contributed by atoms with van der Waals surface area (Å²) in [5, 5.41) is 3.90. The fourth-order valence-electron chi connectivity index (χ4n) is 1.85. The summed E-state index contributed by atoms with van der Waals surface area (Å²) in [6.07, 6.45) is 2.51. The van der Waals surface area contributed by atoms with E-state index < -0.39 is 0 Å². The average Bonchev–Trinajstić information content (AvgIpc) is 3.03. The Kier molecular flexibility index (Phi) is 3.70. The second-order valence-corrected chi connectivity index (χ2v) is 6.70. The highest BCUT2D eigenvalue weighted by Crippen LogP contribution is 2.35. The summed E-state index contributed by atoms with van der Waals surface area (Å²) >= 11 is 3.37. The summed E-state index contributed by atoms with van der Waals surface area (Å²) < 4.78 is 0. The molecule has 1 aliphatic carbocycles. The number of ketones is 1. The number of aliphatic imine (C=N–C) groups is 2. The van der Waals surface area contributed by atoms with Gasteiger partial charge in [-0.1, -0.05) is 6.07 Å². The predicted molar refractivity (Wildman–Crippen MR) is 80.9 cm³/mol. The quantitative estimate of drug-likeness (QED) is 0.838. The minimum absolute atomic E-state index is 0.0781. The fourth-order valence-corrected chi connectivity index (χ4v) is 3.31. The zero-order valence-corrected chi connectivity index (χ0v) is 12.3. The van der Waals surface area contributed by atoms with Crippen LogP contribution in [0.4, 0.5) is 0 Å². The Morgan fingerprint density at radius 3 is 2.95 bits per heavy atom. The van der Waals surface area contributed by atoms with Gasteiger partial charge < -0.3 is 4.90 Å². The molecule has 1 aliphatic heterocycles. The van der Waals surface area contributed by atoms with E-state index in [1.807, 2.05) is 0 Å². The first-order valence-corrected chi connectivity index (χ1v) is 8.01. The molecule has 0 bridgehead atoms. The highest BCUT2D eigenvalue weighted by Gasteiger charge is 2.35. The van der Waals surface area contributed by atoms with Crippen molar-refractivity contribution >= 4 is 39.2 Å². The van der Waals surface area contributed by atoms with Crippen molar-refractivity contribution < 1.29 is 4.79 Å². The average molecular weight is 293 g/mol. The van der Waals surface area contributed by atoms with E-state index in [4.69, 9.17) is 0 Å². The van der Waals surface area contributed by atoms with Crippen LogP contribution in [0.2, 0.25) is 0 Å². The molecule has 2 heterocycles. The molecule has 1 fully saturated rings. The molecule has 2 aliphatic rings. The smallest absolute Gasteiger partial charge is 0.193 e. The third-order valence-electron chi connectivity index (χ3n) is 2.95. The number of nitrogens with zero attached hydrogens (tertiary/aromatic N) is 3. The van der Waals surface area contributed by atoms with Crippen molar-refractivity contribution in [3.05, 3.63) is 22.4 Å². The van der Waals surface area contributed by atoms with Crippen LogP contribution in [0.5, 0.6) is 0 Å². The first-order chi connectivity index (χ1) is 9.22. The number of Topliss-reactive ketones (excluding diaryl/α,β-unsaturated/α-hetero) is 1. The summed E-state index contributed by atoms with van der Waals surface area (Å²) in [5.74, 6) is 0.0781. The van der Waals surface area contributed by atoms with Crippen molar-refractivity contribution in [1.82, 2.24) is 4.90 Å². The molecule has 0 atom stereocenters. The van der Waals surface area contributed by atoms with Crippen LogP contribution in [-0.4, -0.2) is 33.6 Å². The van der Waals surface area contributed by atoms with E-state index >= 15 is 0 Å². The lowest BCUT2D eigenvalue weighted by molar-refractivity contribution is -0.115. The Labute approximate surface area is 120 Å². The molecule has 6 heteroatoms. The number of amidine groups is 2. The van der Waals surface area contributed by atoms with Crippen LogP contribution >= 0.6 is 23.1 Å². The molecule has 100 valence electrons. The summed E-state index contributed by atoms with van der Waals surface area (Å²) in [4.78, 5) is 23.2. The summed E-state index contributed by atoms with van der Waals surface area (Å²) in [6.45, 7) is 2.73. The maximum atomic E-state index is 10.9. The molecule has 1 aromatic rings. The molecular weight excluding hydrogens is 278 g/mol. The molecule has 0 radical (unpaired) electrons. The van der Waals surface area contributed by atoms with Crippen molar-refractivity contribution in [2.24, 2.45) is 9.98 Å². The van der Waals surface area contributed by atoms with Crippen molar-refractivity contribution in [1.29, 1.82) is 0 Å². The number of carbonyl (C=O) groups excluding carboxylic acids is 1. The number of hydrogen-bond acceptors (Lipinski definition) is 5. The Morgan fingerprint density at radius 1 is 1.58 bits per heavy atom. The van der Waals surface area contributed by atoms with E-state index in [2.05, 4.69) is 32.4 Å². The molecule has 0 saturated heterocycles. The lowest BCUT2D eigenvalue weighted by Crippen LogP contribution is -2.35. The fraction of sp³-hybridized carbons (Fsp3) is 0.462. The monoisotopic (exact) mass is 293 g/mol. The van der Waals surface area contributed by atoms with Crippen LogP contribution in [0.3, 0.4) is 0 Å². The lowest BCUT2D eigenvalue weighted by atomic mass is 10.4. The number of rotatable bonds is 5. The minimum Gasteiger partial charge on any atom is -0.343 e. The van der Waals surface area contributed by atoms with Crippen LogP contribution in [0, 0.1) is 0 Å². The SMILES string of the molecule is CC(=O)CN=C1N=C(N(Cc2cccs2)C2CC2)S1. The van der Waals surface area contributed by atoms with Gasteiger partial charge in [-0.05, 0) is 43.0 Å². The zero-order valence-electron chi connectivity index (χ0n) is 10.7. The molecule has 0 amide bonds. The van der Waals surface area contributed by atoms with Gasteiger partial charge in [0.1, 0.15) is 6.54 Å². The summed E-state index contributed by atoms with van der Waals surface area (Å²) in [7, 11) is 0. The zero-order chi connectivity index (χ0) is 13.2. The second kappa shape index (κ2) is 5.46. The molecule has 1 saturated carbocycles. The first kappa shape index (κ1) is 12.9. The van der Waals surface area contributed by atoms with Crippen LogP contribution in [0.25, 0.3) is 0 Å². The molecule has 1 aromatic heterocycles. The Bertz CT molecular complexity index is 532. The van der Waals surface area contributed by atoms with Crippen molar-refractivity contribution in [3.63, 3.8) is 0 Å². The highest BCUT2D eigenvalue weighted by molar-refractivity contribution is 8.28. The molecule has 4 nitrogen and oxygen atoms in total. The Balaban J connectivity index is 1.64. The maximum Gasteiger partial charge on any atom is 0.193 e. The van der Waals surface area contributed by atoms with Gasteiger partial charge in [-0.25, -0.2) is 0 Å². The summed E-state index contributed by atoms with van der Waals surface area (Å²) in [6, 6.07) is 4.89. The van der Waals surface area contributed by atoms with E-state index in [-0.39, 0.29) is 12.3 Å². The maximum absolute atomic E-state index is 10.9. The Hall–Kier alpha value is -1.14. The van der Waals surface area contributed by atoms with Gasteiger partial charge in [0.05, 0.1) is 6.54 Å². The van der Waals surface area contributed by atoms with E-state index in [0.717, 1.165) is 16.9 Å². The Morgan fingerprint density at radius 2 is 2.37 bits per heavy atom. The second-order valence-electron chi connectivity index (χ2n) is 4.74. The van der Waals surface area contributed by atoms with Crippen LogP contribution in [-0.2, 0) is 11.3 Å². The van der Waals surface area contributed by atoms with Crippen LogP contribution in [0.1, 0.15) is 24.6 Å². The van der Waals surface area contributed by atoms with Crippen molar-refractivity contribution in [2.45, 2.75) is 32.4 Å². The topological polar surface area (TPSA) is 45.0 Å². The van der Waals surface area contributed by atoms with E-state index in [9.17, 15) is 4.79 Å². The van der Waals surface area contributed by atoms with Crippen molar-refractivity contribution in [2.75, 3.05) is 6.54 Å². The standard InChI is InChI=1S/C13H15N3OS2/c1-9(17)7-14-12-15-13(19-12)16(10-4-5-10)8-11-3-2-6-18-11/h2-3,6,10H,4-5,7-8H2,1H3. The highest BCUT2D eigenvalue weighted by atomic mass is 32.2. The number of thiophene rings is 1. The molecule has 0 spiro atoms. The van der Waals surface area contributed by atoms with Gasteiger partial charge in [0.2, 0.25) is 0 Å². The van der Waals surface area contributed by atoms with Gasteiger partial charge in [-0.15, -0.1) is 11.3 Å². The summed E-state index contributed by atoms with van der Waals surface area (Å²) in [5.41, 5.74) is 0. The number of carbonyl (C=O) groups is 1. The molecule has 0 aromatic carbocycles. The largest absolute Gasteiger partial charge is 0.343 e. The molecule has 19 heavy (non-hydrogen) atoms. The van der Waals surface area contributed by atoms with Gasteiger partial charge in [0.25, 0.3) is 0 Å². The van der Waals surface area contributed by atoms with Gasteiger partial charge in [-0.2, -0.15) is 4.99 Å². The number of thioether (sulfide) groups is 1. The minimum atomic E-state index is 0.0781. The molecule has 0 unspecified atom stereocenters. The van der Waals surface area contributed by atoms with E-state index in [1.165, 1.54) is 17.7 Å². The van der Waals surface area contributed by atoms with Crippen molar-refractivity contribution in [3.8, 4) is 0 Å². The van der Waals surface area contributed by atoms with Gasteiger partial charge >= 0.3 is 0 Å². The van der Waals surface area contributed by atoms with Gasteiger partial charge in [-0.3, -0.25) is 9.79 Å². The number of hydrogen-bond donors (Lipinski definition) is 0. The normalized spacial score (nSPS) is 20.1. The van der Waals surface area contributed by atoms with E-state index in [1.54, 1.807) is 30.0 Å². The predicted octanol–water partition coefficient (Wildman–Crippen LogP) is 2.76. The van der Waals surface area contributed by atoms with Gasteiger partial charge in [0.15, 0.2) is 16.1 Å². The molecular formula is C13H15N3OS2. The van der Waals surface area contributed by atoms with Crippen LogP contribution < -0.4 is 0 Å². The lowest BCUT2D eigenvalue weighted by Gasteiger charge is -2.28. The third kappa shape index (κ3) is 3.25. The van der Waals surface area contributed by atoms with Gasteiger partial charge in [0, 0.05) is 10.9 Å². The molecule has 0 N–H and O–H groups in total.